The molecular formula is C6H4BI2N4. The van der Waals surface area contributed by atoms with Gasteiger partial charge >= 0.3 is 5.27 Å². The zero-order valence-electron chi connectivity index (χ0n) is 6.41. The van der Waals surface area contributed by atoms with Gasteiger partial charge in [0.05, 0.1) is 5.39 Å². The van der Waals surface area contributed by atoms with Crippen LogP contribution in [0.25, 0.3) is 11.0 Å². The normalized spacial score (nSPS) is 10.6. The van der Waals surface area contributed by atoms with E-state index in [1.165, 1.54) is 6.33 Å². The molecule has 0 atom stereocenters. The topological polar surface area (TPSA) is 56.7 Å². The minimum absolute atomic E-state index is 0.534. The fourth-order valence-corrected chi connectivity index (χ4v) is 2.38. The minimum atomic E-state index is 0.534. The molecule has 0 spiro atoms. The van der Waals surface area contributed by atoms with Crippen molar-refractivity contribution in [2.24, 2.45) is 0 Å². The molecule has 4 nitrogen and oxygen atoms in total. The van der Waals surface area contributed by atoms with E-state index in [0.29, 0.717) is 5.82 Å². The van der Waals surface area contributed by atoms with Crippen LogP contribution in [0.3, 0.4) is 0 Å². The van der Waals surface area contributed by atoms with E-state index in [1.54, 1.807) is 0 Å². The Labute approximate surface area is 103 Å². The molecule has 0 saturated heterocycles. The summed E-state index contributed by atoms with van der Waals surface area (Å²) in [6.45, 7) is 0. The van der Waals surface area contributed by atoms with Gasteiger partial charge in [0.25, 0.3) is 0 Å². The van der Waals surface area contributed by atoms with Crippen LogP contribution in [0.15, 0.2) is 12.5 Å². The van der Waals surface area contributed by atoms with E-state index in [2.05, 4.69) is 54.9 Å². The molecule has 0 bridgehead atoms. The molecule has 0 unspecified atom stereocenters. The molecule has 2 heterocycles. The smallest absolute Gasteiger partial charge is 0.336 e. The largest absolute Gasteiger partial charge is 0.383 e. The van der Waals surface area contributed by atoms with E-state index in [1.807, 2.05) is 15.9 Å². The van der Waals surface area contributed by atoms with E-state index < -0.39 is 0 Å². The molecule has 2 rings (SSSR count). The number of nitrogens with two attached hydrogens (primary N) is 1. The Morgan fingerprint density at radius 3 is 2.92 bits per heavy atom. The highest BCUT2D eigenvalue weighted by molar-refractivity contribution is 14.1. The zero-order valence-corrected chi connectivity index (χ0v) is 10.7. The Hall–Kier alpha value is -0.0551. The van der Waals surface area contributed by atoms with Crippen LogP contribution in [0.4, 0.5) is 5.82 Å². The number of nitrogens with zero attached hydrogens (tertiary/aromatic N) is 3. The molecule has 0 aliphatic carbocycles. The number of hydrogen-bond donors (Lipinski definition) is 1. The molecule has 1 radical (unpaired) electrons. The van der Waals surface area contributed by atoms with Gasteiger partial charge in [-0.25, -0.2) is 9.97 Å². The second kappa shape index (κ2) is 3.60. The third-order valence-electron chi connectivity index (χ3n) is 1.70. The number of nitrogen functional groups attached to an aromatic ring is 1. The molecule has 65 valence electrons. The van der Waals surface area contributed by atoms with Gasteiger partial charge in [0.1, 0.15) is 17.8 Å². The second-order valence-electron chi connectivity index (χ2n) is 2.44. The van der Waals surface area contributed by atoms with Crippen molar-refractivity contribution in [1.82, 2.24) is 14.4 Å². The molecule has 0 aliphatic rings. The van der Waals surface area contributed by atoms with Crippen molar-refractivity contribution >= 4 is 67.1 Å². The molecule has 2 N–H and O–H groups in total. The first kappa shape index (κ1) is 9.50. The Balaban J connectivity index is 2.87. The van der Waals surface area contributed by atoms with E-state index >= 15 is 0 Å². The van der Waals surface area contributed by atoms with Crippen LogP contribution in [0.5, 0.6) is 0 Å². The van der Waals surface area contributed by atoms with Crippen LogP contribution in [0, 0.1) is 3.57 Å². The Morgan fingerprint density at radius 2 is 2.23 bits per heavy atom. The van der Waals surface area contributed by atoms with Crippen molar-refractivity contribution in [2.45, 2.75) is 0 Å². The number of halogens is 2. The van der Waals surface area contributed by atoms with Crippen LogP contribution in [0.2, 0.25) is 0 Å². The summed E-state index contributed by atoms with van der Waals surface area (Å²) in [6, 6.07) is 0. The lowest BCUT2D eigenvalue weighted by molar-refractivity contribution is 1.17. The lowest BCUT2D eigenvalue weighted by Gasteiger charge is -1.97. The van der Waals surface area contributed by atoms with Gasteiger partial charge in [-0.15, -0.1) is 22.4 Å². The van der Waals surface area contributed by atoms with Crippen LogP contribution >= 0.6 is 45.0 Å². The maximum absolute atomic E-state index is 5.74. The average Bonchev–Trinajstić information content (AvgIpc) is 2.44. The van der Waals surface area contributed by atoms with Crippen molar-refractivity contribution in [3.63, 3.8) is 0 Å². The van der Waals surface area contributed by atoms with Crippen molar-refractivity contribution < 1.29 is 0 Å². The summed E-state index contributed by atoms with van der Waals surface area (Å²) in [6.07, 6.45) is 3.45. The molecular weight excluding hydrogens is 393 g/mol. The summed E-state index contributed by atoms with van der Waals surface area (Å²) >= 11 is 4.38. The van der Waals surface area contributed by atoms with Crippen molar-refractivity contribution in [3.8, 4) is 0 Å². The summed E-state index contributed by atoms with van der Waals surface area (Å²) in [5.41, 5.74) is 6.59. The van der Waals surface area contributed by atoms with Gasteiger partial charge < -0.3 is 10.2 Å². The molecule has 2 aromatic rings. The first-order valence-corrected chi connectivity index (χ1v) is 5.76. The van der Waals surface area contributed by atoms with Gasteiger partial charge in [-0.1, -0.05) is 0 Å². The SMILES string of the molecule is Nc1ncnc2c1c(I)cn2[B]I. The third kappa shape index (κ3) is 1.51. The Kier molecular flexibility index (Phi) is 2.63. The lowest BCUT2D eigenvalue weighted by atomic mass is 10.3. The fraction of sp³-hybridized carbons (Fsp3) is 0. The highest BCUT2D eigenvalue weighted by atomic mass is 127. The molecule has 2 aromatic heterocycles. The molecule has 0 aliphatic heterocycles. The minimum Gasteiger partial charge on any atom is -0.383 e. The molecule has 0 aromatic carbocycles. The third-order valence-corrected chi connectivity index (χ3v) is 3.12. The molecule has 0 saturated carbocycles. The predicted octanol–water partition coefficient (Wildman–Crippen LogP) is 1.44. The van der Waals surface area contributed by atoms with Crippen molar-refractivity contribution in [3.05, 3.63) is 16.1 Å². The highest BCUT2D eigenvalue weighted by Gasteiger charge is 2.10. The van der Waals surface area contributed by atoms with Crippen molar-refractivity contribution in [1.29, 1.82) is 0 Å². The number of fused-ring (bicyclic) bond motifs is 1. The van der Waals surface area contributed by atoms with Crippen LogP contribution in [-0.2, 0) is 0 Å². The molecule has 0 fully saturated rings. The second-order valence-corrected chi connectivity index (χ2v) is 4.16. The zero-order chi connectivity index (χ0) is 9.42. The van der Waals surface area contributed by atoms with E-state index in [-0.39, 0.29) is 0 Å². The van der Waals surface area contributed by atoms with Crippen LogP contribution in [-0.4, -0.2) is 19.7 Å². The first-order chi connectivity index (χ1) is 6.24. The maximum atomic E-state index is 5.74. The number of rotatable bonds is 1. The van der Waals surface area contributed by atoms with Gasteiger partial charge in [0.2, 0.25) is 0 Å². The van der Waals surface area contributed by atoms with Gasteiger partial charge in [-0.2, -0.15) is 0 Å². The monoisotopic (exact) mass is 397 g/mol. The molecule has 13 heavy (non-hydrogen) atoms. The Bertz CT molecular complexity index is 455. The van der Waals surface area contributed by atoms with E-state index in [0.717, 1.165) is 14.6 Å². The van der Waals surface area contributed by atoms with Gasteiger partial charge in [-0.05, 0) is 22.6 Å². The summed E-state index contributed by atoms with van der Waals surface area (Å²) in [4.78, 5) is 8.11. The number of anilines is 1. The summed E-state index contributed by atoms with van der Waals surface area (Å²) < 4.78 is 2.99. The summed E-state index contributed by atoms with van der Waals surface area (Å²) in [7, 11) is 0. The number of aromatic nitrogens is 3. The number of hydrogen-bond acceptors (Lipinski definition) is 3. The van der Waals surface area contributed by atoms with E-state index in [4.69, 9.17) is 5.73 Å². The van der Waals surface area contributed by atoms with Gasteiger partial charge in [-0.3, -0.25) is 0 Å². The lowest BCUT2D eigenvalue weighted by Crippen LogP contribution is -1.99. The quantitative estimate of drug-likeness (QED) is 0.586. The fourth-order valence-electron chi connectivity index (χ4n) is 1.14. The Morgan fingerprint density at radius 1 is 1.46 bits per heavy atom. The average molecular weight is 397 g/mol. The van der Waals surface area contributed by atoms with Crippen molar-refractivity contribution in [2.75, 3.05) is 5.73 Å². The van der Waals surface area contributed by atoms with Gasteiger partial charge in [0, 0.05) is 9.77 Å². The van der Waals surface area contributed by atoms with Crippen LogP contribution in [0.1, 0.15) is 0 Å². The maximum Gasteiger partial charge on any atom is 0.336 e. The van der Waals surface area contributed by atoms with Crippen LogP contribution < -0.4 is 5.73 Å². The standard InChI is InChI=1S/C6H4BI2N4/c8-3-1-13(7-9)6-4(3)5(10)11-2-12-6/h1-2H,(H2,10,11,12). The molecule has 7 heteroatoms. The summed E-state index contributed by atoms with van der Waals surface area (Å²) in [5.74, 6) is 0.534. The van der Waals surface area contributed by atoms with E-state index in [9.17, 15) is 0 Å². The highest BCUT2D eigenvalue weighted by Crippen LogP contribution is 2.24. The molecule has 0 amide bonds. The van der Waals surface area contributed by atoms with Gasteiger partial charge in [0.15, 0.2) is 0 Å². The predicted molar refractivity (Wildman–Crippen MR) is 69.8 cm³/mol. The summed E-state index contributed by atoms with van der Waals surface area (Å²) in [5, 5.41) is 2.84. The first-order valence-electron chi connectivity index (χ1n) is 3.44.